The molecule has 55 heavy (non-hydrogen) atoms. The molecule has 0 aliphatic heterocycles. The maximum atomic E-state index is 13.0. The van der Waals surface area contributed by atoms with Crippen LogP contribution in [0.25, 0.3) is 0 Å². The highest BCUT2D eigenvalue weighted by molar-refractivity contribution is 7.47. The second-order valence-corrected chi connectivity index (χ2v) is 18.3. The molecule has 0 aromatic rings. The number of phosphoric ester groups is 1. The number of aliphatic hydroxyl groups excluding tert-OH is 3. The van der Waals surface area contributed by atoms with Crippen LogP contribution in [0.1, 0.15) is 162 Å². The lowest BCUT2D eigenvalue weighted by molar-refractivity contribution is -0.870. The molecule has 0 saturated heterocycles. The first kappa shape index (κ1) is 51.6. The minimum absolute atomic E-state index is 0.0187. The van der Waals surface area contributed by atoms with E-state index in [-0.39, 0.29) is 49.6 Å². The molecule has 1 amide bonds. The summed E-state index contributed by atoms with van der Waals surface area (Å²) in [6.07, 6.45) is 27.0. The monoisotopic (exact) mass is 802 g/mol. The molecule has 322 valence electrons. The zero-order valence-corrected chi connectivity index (χ0v) is 36.3. The van der Waals surface area contributed by atoms with Gasteiger partial charge >= 0.3 is 7.82 Å². The first-order valence-corrected chi connectivity index (χ1v) is 23.3. The Labute approximate surface area is 334 Å². The Bertz CT molecular complexity index is 1110. The van der Waals surface area contributed by atoms with Gasteiger partial charge in [-0.15, -0.1) is 0 Å². The molecule has 1 rings (SSSR count). The third-order valence-electron chi connectivity index (χ3n) is 10.6. The van der Waals surface area contributed by atoms with Crippen LogP contribution in [0.3, 0.4) is 0 Å². The normalized spacial score (nSPS) is 20.7. The molecule has 1 aliphatic rings. The molecule has 7 atom stereocenters. The molecule has 1 unspecified atom stereocenters. The third-order valence-corrected chi connectivity index (χ3v) is 11.5. The number of carbonyl (C=O) groups excluding carboxylic acids is 2. The average molecular weight is 802 g/mol. The van der Waals surface area contributed by atoms with Crippen molar-refractivity contribution in [2.45, 2.75) is 186 Å². The lowest BCUT2D eigenvalue weighted by Crippen LogP contribution is -2.45. The highest BCUT2D eigenvalue weighted by Crippen LogP contribution is 2.43. The van der Waals surface area contributed by atoms with E-state index in [9.17, 15) is 34.4 Å². The van der Waals surface area contributed by atoms with Crippen LogP contribution in [0.2, 0.25) is 0 Å². The quantitative estimate of drug-likeness (QED) is 0.0184. The number of hydrogen-bond donors (Lipinski definition) is 5. The van der Waals surface area contributed by atoms with Crippen LogP contribution >= 0.6 is 7.82 Å². The molecular formula is C43H82N2O9P+. The number of amides is 1. The van der Waals surface area contributed by atoms with Crippen LogP contribution in [0.5, 0.6) is 0 Å². The van der Waals surface area contributed by atoms with E-state index in [0.717, 1.165) is 57.8 Å². The first-order valence-electron chi connectivity index (χ1n) is 21.8. The van der Waals surface area contributed by atoms with E-state index in [2.05, 4.69) is 19.2 Å². The number of allylic oxidation sites excluding steroid dienone is 1. The minimum Gasteiger partial charge on any atom is -0.392 e. The molecule has 12 heteroatoms. The molecule has 0 spiro atoms. The van der Waals surface area contributed by atoms with E-state index >= 15 is 0 Å². The predicted molar refractivity (Wildman–Crippen MR) is 222 cm³/mol. The minimum atomic E-state index is -4.40. The summed E-state index contributed by atoms with van der Waals surface area (Å²) in [5.41, 5.74) is 0. The topological polar surface area (TPSA) is 163 Å². The SMILES string of the molecule is CCCCCCCCCCCCC/C=C/[C@@H](O)[C@H](COP(=O)(O)OCC[N+](C)(C)C)NC(=O)CCCCCC[C@H]1C(=O)C[C@@H](O)[C@@H]1/C=C/[C@@H](O)CCCCC. The van der Waals surface area contributed by atoms with Crippen LogP contribution < -0.4 is 5.32 Å². The third kappa shape index (κ3) is 27.0. The summed E-state index contributed by atoms with van der Waals surface area (Å²) < 4.78 is 23.5. The summed E-state index contributed by atoms with van der Waals surface area (Å²) in [5.74, 6) is -0.771. The van der Waals surface area contributed by atoms with Gasteiger partial charge in [-0.1, -0.05) is 141 Å². The number of unbranched alkanes of at least 4 members (excludes halogenated alkanes) is 16. The number of aliphatic hydroxyl groups is 3. The Hall–Kier alpha value is -1.43. The number of ketones is 1. The number of carbonyl (C=O) groups is 2. The second-order valence-electron chi connectivity index (χ2n) is 16.9. The highest BCUT2D eigenvalue weighted by Gasteiger charge is 2.39. The predicted octanol–water partition coefficient (Wildman–Crippen LogP) is 8.33. The van der Waals surface area contributed by atoms with Crippen molar-refractivity contribution in [3.63, 3.8) is 0 Å². The zero-order valence-electron chi connectivity index (χ0n) is 35.4. The van der Waals surface area contributed by atoms with Crippen molar-refractivity contribution < 1.29 is 47.9 Å². The van der Waals surface area contributed by atoms with Crippen molar-refractivity contribution in [3.05, 3.63) is 24.3 Å². The Morgan fingerprint density at radius 2 is 1.44 bits per heavy atom. The zero-order chi connectivity index (χ0) is 41.0. The number of quaternary nitrogens is 1. The van der Waals surface area contributed by atoms with Gasteiger partial charge < -0.3 is 30.0 Å². The number of likely N-dealkylation sites (N-methyl/N-ethyl adjacent to an activating group) is 1. The standard InChI is InChI=1S/C43H81N2O9P/c1-6-8-10-11-12-13-14-15-16-17-18-19-24-28-40(47)39(35-54-55(51,52)53-33-32-45(3,4)5)44-43(50)29-25-21-20-23-27-37-38(42(49)34-41(37)48)31-30-36(46)26-22-9-7-2/h24,28,30-31,36-40,42,46-47,49H,6-23,25-27,29,32-35H2,1-5H3,(H-,44,50,51,52)/p+1/b28-24+,31-30+/t36-,37+,38+,39-,40+,42+/m0/s1. The lowest BCUT2D eigenvalue weighted by Gasteiger charge is -2.25. The van der Waals surface area contributed by atoms with Crippen LogP contribution in [-0.2, 0) is 23.2 Å². The van der Waals surface area contributed by atoms with Crippen LogP contribution in [0, 0.1) is 11.8 Å². The smallest absolute Gasteiger partial charge is 0.392 e. The molecule has 0 heterocycles. The van der Waals surface area contributed by atoms with E-state index in [1.54, 1.807) is 12.2 Å². The number of phosphoric acid groups is 1. The summed E-state index contributed by atoms with van der Waals surface area (Å²) in [4.78, 5) is 35.8. The fourth-order valence-corrected chi connectivity index (χ4v) is 7.73. The van der Waals surface area contributed by atoms with E-state index in [1.165, 1.54) is 57.8 Å². The summed E-state index contributed by atoms with van der Waals surface area (Å²) in [6, 6.07) is -0.932. The number of nitrogens with zero attached hydrogens (tertiary/aromatic N) is 1. The first-order chi connectivity index (χ1) is 26.2. The summed E-state index contributed by atoms with van der Waals surface area (Å²) in [5, 5.41) is 34.5. The number of nitrogens with one attached hydrogen (secondary N) is 1. The Balaban J connectivity index is 2.55. The van der Waals surface area contributed by atoms with Gasteiger partial charge in [-0.25, -0.2) is 4.57 Å². The van der Waals surface area contributed by atoms with Gasteiger partial charge in [0.1, 0.15) is 18.9 Å². The van der Waals surface area contributed by atoms with Crippen molar-refractivity contribution >= 4 is 19.5 Å². The van der Waals surface area contributed by atoms with Gasteiger partial charge in [-0.3, -0.25) is 18.6 Å². The van der Waals surface area contributed by atoms with Crippen LogP contribution in [-0.4, -0.2) is 102 Å². The van der Waals surface area contributed by atoms with E-state index < -0.39 is 32.2 Å². The van der Waals surface area contributed by atoms with Crippen LogP contribution in [0.15, 0.2) is 24.3 Å². The highest BCUT2D eigenvalue weighted by atomic mass is 31.2. The van der Waals surface area contributed by atoms with E-state index in [0.29, 0.717) is 30.3 Å². The molecule has 0 aromatic heterocycles. The van der Waals surface area contributed by atoms with Crippen molar-refractivity contribution in [2.75, 3.05) is 40.9 Å². The maximum absolute atomic E-state index is 13.0. The fraction of sp³-hybridized carbons (Fsp3) is 0.860. The second kappa shape index (κ2) is 30.6. The lowest BCUT2D eigenvalue weighted by atomic mass is 9.88. The van der Waals surface area contributed by atoms with Crippen LogP contribution in [0.4, 0.5) is 0 Å². The van der Waals surface area contributed by atoms with Gasteiger partial charge in [0.15, 0.2) is 0 Å². The fourth-order valence-electron chi connectivity index (χ4n) is 6.99. The van der Waals surface area contributed by atoms with Crippen molar-refractivity contribution in [1.29, 1.82) is 0 Å². The molecular weight excluding hydrogens is 719 g/mol. The molecule has 0 radical (unpaired) electrons. The van der Waals surface area contributed by atoms with Crippen molar-refractivity contribution in [1.82, 2.24) is 5.32 Å². The molecule has 1 fully saturated rings. The molecule has 0 aromatic carbocycles. The Morgan fingerprint density at radius 3 is 2.07 bits per heavy atom. The average Bonchev–Trinajstić information content (AvgIpc) is 3.39. The van der Waals surface area contributed by atoms with Crippen molar-refractivity contribution in [2.24, 2.45) is 11.8 Å². The molecule has 1 saturated carbocycles. The Morgan fingerprint density at radius 1 is 0.855 bits per heavy atom. The van der Waals surface area contributed by atoms with Gasteiger partial charge in [0.2, 0.25) is 5.91 Å². The number of Topliss-reactive ketones (excluding diaryl/α,β-unsaturated/α-hetero) is 1. The number of hydrogen-bond acceptors (Lipinski definition) is 8. The van der Waals surface area contributed by atoms with Gasteiger partial charge in [-0.2, -0.15) is 0 Å². The molecule has 11 nitrogen and oxygen atoms in total. The number of rotatable bonds is 35. The van der Waals surface area contributed by atoms with Crippen molar-refractivity contribution in [3.8, 4) is 0 Å². The largest absolute Gasteiger partial charge is 0.472 e. The summed E-state index contributed by atoms with van der Waals surface area (Å²) in [6.45, 7) is 4.48. The van der Waals surface area contributed by atoms with Gasteiger partial charge in [0, 0.05) is 24.7 Å². The van der Waals surface area contributed by atoms with Gasteiger partial charge in [0.25, 0.3) is 0 Å². The summed E-state index contributed by atoms with van der Waals surface area (Å²) in [7, 11) is 1.42. The molecule has 0 bridgehead atoms. The summed E-state index contributed by atoms with van der Waals surface area (Å²) >= 11 is 0. The van der Waals surface area contributed by atoms with E-state index in [4.69, 9.17) is 9.05 Å². The Kier molecular flexibility index (Phi) is 28.7. The molecule has 5 N–H and O–H groups in total. The molecule has 1 aliphatic carbocycles. The van der Waals surface area contributed by atoms with Gasteiger partial charge in [-0.05, 0) is 32.1 Å². The van der Waals surface area contributed by atoms with Gasteiger partial charge in [0.05, 0.1) is 52.1 Å². The van der Waals surface area contributed by atoms with E-state index in [1.807, 2.05) is 33.3 Å². The maximum Gasteiger partial charge on any atom is 0.472 e.